The van der Waals surface area contributed by atoms with Crippen LogP contribution in [0.2, 0.25) is 0 Å². The molecule has 4 rings (SSSR count). The van der Waals surface area contributed by atoms with Crippen LogP contribution in [0, 0.1) is 0 Å². The fraction of sp³-hybridized carbons (Fsp3) is 0.263. The summed E-state index contributed by atoms with van der Waals surface area (Å²) in [5.41, 5.74) is 9.59. The maximum atomic E-state index is 12.3. The molecule has 1 heterocycles. The molecule has 3 aromatic rings. The van der Waals surface area contributed by atoms with Crippen molar-refractivity contribution in [3.63, 3.8) is 0 Å². The fourth-order valence-electron chi connectivity index (χ4n) is 3.31. The molecule has 140 valence electrons. The van der Waals surface area contributed by atoms with E-state index in [4.69, 9.17) is 0 Å². The number of sulfone groups is 1. The van der Waals surface area contributed by atoms with Crippen LogP contribution in [0.1, 0.15) is 34.3 Å². The summed E-state index contributed by atoms with van der Waals surface area (Å²) in [4.78, 5) is 17.1. The Balaban J connectivity index is 1.49. The zero-order valence-corrected chi connectivity index (χ0v) is 16.4. The van der Waals surface area contributed by atoms with Gasteiger partial charge < -0.3 is 0 Å². The first kappa shape index (κ1) is 17.9. The lowest BCUT2D eigenvalue weighted by molar-refractivity contribution is 0.0962. The average Bonchev–Trinajstić information content (AvgIpc) is 3.09. The number of carbonyl (C=O) groups is 1. The average molecular weight is 402 g/mol. The van der Waals surface area contributed by atoms with Gasteiger partial charge in [0.2, 0.25) is 5.13 Å². The van der Waals surface area contributed by atoms with E-state index in [9.17, 15) is 13.2 Å². The number of fused-ring (bicyclic) bond motifs is 3. The Morgan fingerprint density at radius 3 is 2.56 bits per heavy atom. The number of amides is 1. The second-order valence-corrected chi connectivity index (χ2v) is 9.70. The molecule has 0 atom stereocenters. The molecule has 0 fully saturated rings. The Bertz CT molecular complexity index is 1120. The van der Waals surface area contributed by atoms with E-state index in [0.29, 0.717) is 10.7 Å². The van der Waals surface area contributed by atoms with E-state index >= 15 is 0 Å². The Hall–Kier alpha value is -2.45. The number of rotatable bonds is 4. The Morgan fingerprint density at radius 2 is 1.81 bits per heavy atom. The van der Waals surface area contributed by atoms with Gasteiger partial charge in [-0.25, -0.2) is 13.4 Å². The second-order valence-electron chi connectivity index (χ2n) is 6.65. The lowest BCUT2D eigenvalue weighted by atomic mass is 9.91. The number of aryl methyl sites for hydroxylation is 2. The van der Waals surface area contributed by atoms with Crippen molar-refractivity contribution in [2.45, 2.75) is 30.6 Å². The molecule has 0 saturated carbocycles. The summed E-state index contributed by atoms with van der Waals surface area (Å²) in [5.74, 6) is -0.351. The Labute approximate surface area is 161 Å². The fourth-order valence-corrected chi connectivity index (χ4v) is 4.79. The standard InChI is InChI=1S/C19H19N3O3S2/c1-27(24,25)14-9-6-13(7-10-14)18(23)21-22-19-20-17-15-5-3-2-4-12(15)8-11-16(17)26-19/h6-11H,2-5H2,1H3,(H,20,22)(H,21,23). The molecular weight excluding hydrogens is 382 g/mol. The second kappa shape index (κ2) is 6.94. The maximum absolute atomic E-state index is 12.3. The minimum Gasteiger partial charge on any atom is -0.273 e. The first-order chi connectivity index (χ1) is 12.9. The highest BCUT2D eigenvalue weighted by Crippen LogP contribution is 2.33. The van der Waals surface area contributed by atoms with Crippen LogP contribution in [0.25, 0.3) is 10.2 Å². The number of hydrogen-bond acceptors (Lipinski definition) is 6. The smallest absolute Gasteiger partial charge is 0.269 e. The van der Waals surface area contributed by atoms with Gasteiger partial charge in [-0.2, -0.15) is 0 Å². The number of hydrogen-bond donors (Lipinski definition) is 2. The molecule has 0 aliphatic heterocycles. The predicted molar refractivity (Wildman–Crippen MR) is 107 cm³/mol. The van der Waals surface area contributed by atoms with Crippen molar-refractivity contribution in [2.75, 3.05) is 11.7 Å². The number of aromatic nitrogens is 1. The zero-order valence-electron chi connectivity index (χ0n) is 14.8. The first-order valence-electron chi connectivity index (χ1n) is 8.69. The van der Waals surface area contributed by atoms with Gasteiger partial charge in [0, 0.05) is 11.8 Å². The summed E-state index contributed by atoms with van der Waals surface area (Å²) in [6, 6.07) is 10.1. The molecule has 2 N–H and O–H groups in total. The summed E-state index contributed by atoms with van der Waals surface area (Å²) in [6.07, 6.45) is 5.70. The number of nitrogens with zero attached hydrogens (tertiary/aromatic N) is 1. The molecule has 0 unspecified atom stereocenters. The third-order valence-corrected chi connectivity index (χ3v) is 6.78. The van der Waals surface area contributed by atoms with Crippen LogP contribution >= 0.6 is 11.3 Å². The number of carbonyl (C=O) groups excluding carboxylic acids is 1. The van der Waals surface area contributed by atoms with Crippen molar-refractivity contribution in [3.05, 3.63) is 53.1 Å². The highest BCUT2D eigenvalue weighted by molar-refractivity contribution is 7.90. The van der Waals surface area contributed by atoms with Crippen LogP contribution in [0.5, 0.6) is 0 Å². The van der Waals surface area contributed by atoms with Crippen molar-refractivity contribution in [2.24, 2.45) is 0 Å². The van der Waals surface area contributed by atoms with Crippen molar-refractivity contribution in [1.29, 1.82) is 0 Å². The van der Waals surface area contributed by atoms with Crippen molar-refractivity contribution in [3.8, 4) is 0 Å². The van der Waals surface area contributed by atoms with Crippen LogP contribution in [-0.4, -0.2) is 25.6 Å². The highest BCUT2D eigenvalue weighted by atomic mass is 32.2. The first-order valence-corrected chi connectivity index (χ1v) is 11.4. The molecule has 0 saturated heterocycles. The number of nitrogens with one attached hydrogen (secondary N) is 2. The lowest BCUT2D eigenvalue weighted by Gasteiger charge is -2.15. The zero-order chi connectivity index (χ0) is 19.0. The molecule has 2 aromatic carbocycles. The summed E-state index contributed by atoms with van der Waals surface area (Å²) in [5, 5.41) is 0.630. The predicted octanol–water partition coefficient (Wildman–Crippen LogP) is 3.34. The SMILES string of the molecule is CS(=O)(=O)c1ccc(C(=O)NNc2nc3c4c(ccc3s2)CCCC4)cc1. The van der Waals surface area contributed by atoms with Gasteiger partial charge in [0.1, 0.15) is 0 Å². The molecule has 8 heteroatoms. The molecule has 1 aliphatic rings. The minimum absolute atomic E-state index is 0.183. The quantitative estimate of drug-likeness (QED) is 0.655. The molecule has 1 aliphatic carbocycles. The van der Waals surface area contributed by atoms with E-state index in [1.165, 1.54) is 59.6 Å². The Morgan fingerprint density at radius 1 is 1.07 bits per heavy atom. The van der Waals surface area contributed by atoms with Gasteiger partial charge in [-0.05, 0) is 67.1 Å². The van der Waals surface area contributed by atoms with Gasteiger partial charge >= 0.3 is 0 Å². The van der Waals surface area contributed by atoms with E-state index < -0.39 is 9.84 Å². The monoisotopic (exact) mass is 401 g/mol. The molecule has 0 spiro atoms. The molecule has 0 radical (unpaired) electrons. The van der Waals surface area contributed by atoms with Gasteiger partial charge in [0.25, 0.3) is 5.91 Å². The van der Waals surface area contributed by atoms with Crippen molar-refractivity contribution >= 4 is 42.4 Å². The number of benzene rings is 2. The third-order valence-electron chi connectivity index (χ3n) is 4.71. The van der Waals surface area contributed by atoms with Crippen LogP contribution in [0.3, 0.4) is 0 Å². The van der Waals surface area contributed by atoms with Gasteiger partial charge in [-0.1, -0.05) is 17.4 Å². The van der Waals surface area contributed by atoms with E-state index in [0.717, 1.165) is 29.3 Å². The molecule has 0 bridgehead atoms. The summed E-state index contributed by atoms with van der Waals surface area (Å²) >= 11 is 1.50. The highest BCUT2D eigenvalue weighted by Gasteiger charge is 2.16. The van der Waals surface area contributed by atoms with Gasteiger partial charge in [0.05, 0.1) is 15.1 Å². The van der Waals surface area contributed by atoms with E-state index in [2.05, 4.69) is 28.0 Å². The maximum Gasteiger partial charge on any atom is 0.269 e. The van der Waals surface area contributed by atoms with E-state index in [1.54, 1.807) is 0 Å². The summed E-state index contributed by atoms with van der Waals surface area (Å²) in [7, 11) is -3.28. The van der Waals surface area contributed by atoms with Crippen LogP contribution in [0.15, 0.2) is 41.3 Å². The van der Waals surface area contributed by atoms with E-state index in [-0.39, 0.29) is 10.8 Å². The van der Waals surface area contributed by atoms with Gasteiger partial charge in [-0.15, -0.1) is 0 Å². The number of hydrazine groups is 1. The molecule has 6 nitrogen and oxygen atoms in total. The molecular formula is C19H19N3O3S2. The number of thiazole rings is 1. The van der Waals surface area contributed by atoms with Gasteiger partial charge in [-0.3, -0.25) is 15.6 Å². The minimum atomic E-state index is -3.28. The van der Waals surface area contributed by atoms with Crippen molar-refractivity contribution in [1.82, 2.24) is 10.4 Å². The topological polar surface area (TPSA) is 88.2 Å². The Kier molecular flexibility index (Phi) is 4.61. The van der Waals surface area contributed by atoms with Crippen LogP contribution in [0.4, 0.5) is 5.13 Å². The molecule has 1 amide bonds. The summed E-state index contributed by atoms with van der Waals surface area (Å²) in [6.45, 7) is 0. The normalized spacial score (nSPS) is 14.0. The van der Waals surface area contributed by atoms with Gasteiger partial charge in [0.15, 0.2) is 9.84 Å². The van der Waals surface area contributed by atoms with Crippen molar-refractivity contribution < 1.29 is 13.2 Å². The molecule has 27 heavy (non-hydrogen) atoms. The largest absolute Gasteiger partial charge is 0.273 e. The molecule has 1 aromatic heterocycles. The third kappa shape index (κ3) is 3.68. The number of anilines is 1. The summed E-state index contributed by atoms with van der Waals surface area (Å²) < 4.78 is 24.1. The lowest BCUT2D eigenvalue weighted by Crippen LogP contribution is -2.29. The van der Waals surface area contributed by atoms with Crippen LogP contribution in [-0.2, 0) is 22.7 Å². The van der Waals surface area contributed by atoms with Crippen LogP contribution < -0.4 is 10.9 Å². The van der Waals surface area contributed by atoms with E-state index in [1.807, 2.05) is 0 Å².